The van der Waals surface area contributed by atoms with Crippen molar-refractivity contribution >= 4 is 0 Å². The van der Waals surface area contributed by atoms with Crippen LogP contribution in [-0.2, 0) is 16.2 Å². The maximum atomic E-state index is 15.5. The Balaban J connectivity index is 1.51. The lowest BCUT2D eigenvalue weighted by Crippen LogP contribution is -2.32. The normalized spacial score (nSPS) is 14.2. The van der Waals surface area contributed by atoms with E-state index in [9.17, 15) is 13.9 Å². The Morgan fingerprint density at radius 1 is 0.479 bits per heavy atom. The second kappa shape index (κ2) is 12.3. The average Bonchev–Trinajstić information content (AvgIpc) is 3.08. The molecule has 0 radical (unpaired) electrons. The van der Waals surface area contributed by atoms with E-state index in [0.717, 1.165) is 12.1 Å². The number of aromatic hydroxyl groups is 1. The fourth-order valence-corrected chi connectivity index (χ4v) is 6.43. The predicted molar refractivity (Wildman–Crippen MR) is 177 cm³/mol. The van der Waals surface area contributed by atoms with Gasteiger partial charge in [0.15, 0.2) is 0 Å². The van der Waals surface area contributed by atoms with Crippen LogP contribution < -0.4 is 0 Å². The van der Waals surface area contributed by atoms with E-state index in [4.69, 9.17) is 9.97 Å². The zero-order chi connectivity index (χ0) is 34.3. The Morgan fingerprint density at radius 3 is 1.48 bits per heavy atom. The van der Waals surface area contributed by atoms with Gasteiger partial charge in [0.1, 0.15) is 29.0 Å². The lowest BCUT2D eigenvalue weighted by atomic mass is 9.72. The van der Waals surface area contributed by atoms with Crippen LogP contribution in [0, 0.1) is 23.3 Å². The van der Waals surface area contributed by atoms with Gasteiger partial charge >= 0.3 is 0 Å². The summed E-state index contributed by atoms with van der Waals surface area (Å²) in [6.45, 7) is 7.43. The van der Waals surface area contributed by atoms with Gasteiger partial charge in [-0.05, 0) is 82.3 Å². The number of benzene rings is 3. The molecule has 0 saturated carbocycles. The van der Waals surface area contributed by atoms with Gasteiger partial charge in [0, 0.05) is 40.4 Å². The molecule has 0 aliphatic rings. The number of rotatable bonds is 8. The molecule has 6 aromatic rings. The third kappa shape index (κ3) is 5.51. The van der Waals surface area contributed by atoms with Gasteiger partial charge in [-0.1, -0.05) is 48.5 Å². The molecule has 3 aromatic carbocycles. The van der Waals surface area contributed by atoms with Crippen molar-refractivity contribution in [1.82, 2.24) is 15.0 Å². The SMILES string of the molecule is CC(C)(c1cccc(C(C)(c2ccccn2)c2ccc(F)cc2F)n1)c1cccc(C(C)(c2ccccc2O)c2ccc(F)cc2F)n1. The molecule has 0 saturated heterocycles. The zero-order valence-corrected chi connectivity index (χ0v) is 26.8. The quantitative estimate of drug-likeness (QED) is 0.168. The van der Waals surface area contributed by atoms with Gasteiger partial charge in [-0.25, -0.2) is 17.6 Å². The number of phenols is 1. The predicted octanol–water partition coefficient (Wildman–Crippen LogP) is 9.17. The summed E-state index contributed by atoms with van der Waals surface area (Å²) in [6.07, 6.45) is 1.61. The summed E-state index contributed by atoms with van der Waals surface area (Å²) in [5.41, 5.74) is 0.0104. The third-order valence-electron chi connectivity index (χ3n) is 9.36. The summed E-state index contributed by atoms with van der Waals surface area (Å²) in [4.78, 5) is 14.7. The monoisotopic (exact) mass is 647 g/mol. The molecule has 1 N–H and O–H groups in total. The van der Waals surface area contributed by atoms with Crippen molar-refractivity contribution in [3.8, 4) is 5.75 Å². The fourth-order valence-electron chi connectivity index (χ4n) is 6.43. The van der Waals surface area contributed by atoms with E-state index in [0.29, 0.717) is 34.0 Å². The van der Waals surface area contributed by atoms with Crippen molar-refractivity contribution < 1.29 is 22.7 Å². The molecular weight excluding hydrogens is 614 g/mol. The molecule has 242 valence electrons. The number of hydrogen-bond acceptors (Lipinski definition) is 4. The molecule has 48 heavy (non-hydrogen) atoms. The summed E-state index contributed by atoms with van der Waals surface area (Å²) >= 11 is 0. The maximum absolute atomic E-state index is 15.5. The first-order chi connectivity index (χ1) is 22.9. The molecule has 0 bridgehead atoms. The highest BCUT2D eigenvalue weighted by Gasteiger charge is 2.40. The number of aromatic nitrogens is 3. The van der Waals surface area contributed by atoms with Crippen molar-refractivity contribution in [3.05, 3.63) is 190 Å². The second-order valence-corrected chi connectivity index (χ2v) is 12.7. The van der Waals surface area contributed by atoms with Crippen LogP contribution in [0.2, 0.25) is 0 Å². The minimum atomic E-state index is -1.32. The minimum Gasteiger partial charge on any atom is -0.508 e. The van der Waals surface area contributed by atoms with Gasteiger partial charge in [0.2, 0.25) is 0 Å². The first kappa shape index (κ1) is 32.6. The Labute approximate surface area is 276 Å². The van der Waals surface area contributed by atoms with Crippen LogP contribution in [0.1, 0.15) is 72.9 Å². The molecule has 4 nitrogen and oxygen atoms in total. The standard InChI is InChI=1S/C40H33F4N3O/c1-38(2,34-15-10-17-37(47-34)40(4,35-13-7-8-22-45-35)28-21-19-26(42)24-31(28)44)33-14-9-16-36(46-33)39(3,29-11-5-6-12-32(29)48)27-20-18-25(41)23-30(27)43/h5-24,48H,1-4H3. The first-order valence-corrected chi connectivity index (χ1v) is 15.4. The van der Waals surface area contributed by atoms with Crippen molar-refractivity contribution in [1.29, 1.82) is 0 Å². The molecule has 2 unspecified atom stereocenters. The van der Waals surface area contributed by atoms with Crippen molar-refractivity contribution in [3.63, 3.8) is 0 Å². The Bertz CT molecular complexity index is 2120. The number of pyridine rings is 3. The van der Waals surface area contributed by atoms with E-state index in [1.807, 2.05) is 32.0 Å². The molecule has 2 atom stereocenters. The molecular formula is C40H33F4N3O. The van der Waals surface area contributed by atoms with E-state index in [2.05, 4.69) is 4.98 Å². The molecule has 0 fully saturated rings. The number of hydrogen-bond donors (Lipinski definition) is 1. The van der Waals surface area contributed by atoms with E-state index in [1.165, 1.54) is 30.3 Å². The Hall–Kier alpha value is -5.37. The largest absolute Gasteiger partial charge is 0.508 e. The highest BCUT2D eigenvalue weighted by atomic mass is 19.1. The smallest absolute Gasteiger partial charge is 0.130 e. The molecule has 0 spiro atoms. The molecule has 0 aliphatic heterocycles. The number of para-hydroxylation sites is 1. The molecule has 8 heteroatoms. The topological polar surface area (TPSA) is 58.9 Å². The zero-order valence-electron chi connectivity index (χ0n) is 26.8. The summed E-state index contributed by atoms with van der Waals surface area (Å²) in [5, 5.41) is 11.0. The maximum Gasteiger partial charge on any atom is 0.130 e. The molecule has 0 aliphatic carbocycles. The highest BCUT2D eigenvalue weighted by Crippen LogP contribution is 2.44. The van der Waals surface area contributed by atoms with Crippen LogP contribution in [0.15, 0.2) is 121 Å². The van der Waals surface area contributed by atoms with E-state index >= 15 is 8.78 Å². The van der Waals surface area contributed by atoms with Crippen LogP contribution >= 0.6 is 0 Å². The van der Waals surface area contributed by atoms with Gasteiger partial charge in [0.25, 0.3) is 0 Å². The Kier molecular flexibility index (Phi) is 8.37. The molecule has 3 heterocycles. The van der Waals surface area contributed by atoms with E-state index in [1.54, 1.807) is 74.6 Å². The van der Waals surface area contributed by atoms with E-state index < -0.39 is 39.5 Å². The first-order valence-electron chi connectivity index (χ1n) is 15.4. The molecule has 3 aromatic heterocycles. The van der Waals surface area contributed by atoms with E-state index in [-0.39, 0.29) is 16.9 Å². The highest BCUT2D eigenvalue weighted by molar-refractivity contribution is 5.53. The lowest BCUT2D eigenvalue weighted by molar-refractivity contribution is 0.451. The fraction of sp³-hybridized carbons (Fsp3) is 0.175. The van der Waals surface area contributed by atoms with Crippen LogP contribution in [0.25, 0.3) is 0 Å². The minimum absolute atomic E-state index is 0.0635. The molecule has 6 rings (SSSR count). The number of halogens is 4. The molecule has 0 amide bonds. The summed E-state index contributed by atoms with van der Waals surface area (Å²) in [7, 11) is 0. The number of phenolic OH excluding ortho intramolecular Hbond substituents is 1. The lowest BCUT2D eigenvalue weighted by Gasteiger charge is -2.34. The van der Waals surface area contributed by atoms with Gasteiger partial charge in [-0.3, -0.25) is 15.0 Å². The summed E-state index contributed by atoms with van der Waals surface area (Å²) < 4.78 is 59.0. The van der Waals surface area contributed by atoms with Gasteiger partial charge < -0.3 is 5.11 Å². The van der Waals surface area contributed by atoms with Gasteiger partial charge in [-0.15, -0.1) is 0 Å². The van der Waals surface area contributed by atoms with Crippen molar-refractivity contribution in [2.24, 2.45) is 0 Å². The van der Waals surface area contributed by atoms with Crippen LogP contribution in [0.4, 0.5) is 17.6 Å². The summed E-state index contributed by atoms with van der Waals surface area (Å²) in [5.74, 6) is -2.97. The van der Waals surface area contributed by atoms with Crippen LogP contribution in [-0.4, -0.2) is 20.1 Å². The van der Waals surface area contributed by atoms with Crippen molar-refractivity contribution in [2.75, 3.05) is 0 Å². The second-order valence-electron chi connectivity index (χ2n) is 12.7. The Morgan fingerprint density at radius 2 is 0.958 bits per heavy atom. The number of nitrogens with zero attached hydrogens (tertiary/aromatic N) is 3. The van der Waals surface area contributed by atoms with Crippen LogP contribution in [0.3, 0.4) is 0 Å². The third-order valence-corrected chi connectivity index (χ3v) is 9.36. The van der Waals surface area contributed by atoms with Gasteiger partial charge in [-0.2, -0.15) is 0 Å². The van der Waals surface area contributed by atoms with Crippen molar-refractivity contribution in [2.45, 2.75) is 43.9 Å². The van der Waals surface area contributed by atoms with Gasteiger partial charge in [0.05, 0.1) is 39.3 Å². The van der Waals surface area contributed by atoms with Crippen LogP contribution in [0.5, 0.6) is 5.75 Å². The summed E-state index contributed by atoms with van der Waals surface area (Å²) in [6, 6.07) is 29.6. The average molecular weight is 648 g/mol.